The largest absolute Gasteiger partial charge is 0.452 e. The highest BCUT2D eigenvalue weighted by Crippen LogP contribution is 2.25. The zero-order valence-corrected chi connectivity index (χ0v) is 16.1. The molecule has 0 spiro atoms. The number of fused-ring (bicyclic) bond motifs is 1. The maximum absolute atomic E-state index is 12.2. The normalized spacial score (nSPS) is 13.8. The monoisotopic (exact) mass is 397 g/mol. The van der Waals surface area contributed by atoms with E-state index in [0.717, 1.165) is 30.5 Å². The standard InChI is InChI=1S/C21H23N3O5/c1-13(15-7-6-14-4-2-3-5-16(14)10-15)23-20(25)12-29-21(26)18-9-8-17(24(27)28)11-19(18)22/h6-11,13H,2-5,12,22H2,1H3,(H,23,25)/t13-/m1/s1. The Bertz CT molecular complexity index is 957. The van der Waals surface area contributed by atoms with E-state index in [4.69, 9.17) is 10.5 Å². The van der Waals surface area contributed by atoms with Crippen LogP contribution in [0.5, 0.6) is 0 Å². The molecule has 0 heterocycles. The number of esters is 1. The van der Waals surface area contributed by atoms with Crippen molar-refractivity contribution >= 4 is 23.3 Å². The first-order chi connectivity index (χ1) is 13.8. The number of nitrogens with one attached hydrogen (secondary N) is 1. The number of non-ortho nitro benzene ring substituents is 1. The van der Waals surface area contributed by atoms with E-state index in [1.54, 1.807) is 0 Å². The molecule has 3 rings (SSSR count). The molecule has 3 N–H and O–H groups in total. The Morgan fingerprint density at radius 2 is 1.90 bits per heavy atom. The number of ether oxygens (including phenoxy) is 1. The summed E-state index contributed by atoms with van der Waals surface area (Å²) in [5, 5.41) is 13.5. The third-order valence-electron chi connectivity index (χ3n) is 5.05. The second kappa shape index (κ2) is 8.72. The number of carbonyl (C=O) groups excluding carboxylic acids is 2. The SMILES string of the molecule is C[C@@H](NC(=O)COC(=O)c1ccc([N+](=O)[O-])cc1N)c1ccc2c(c1)CCCC2. The van der Waals surface area contributed by atoms with Crippen LogP contribution in [0.25, 0.3) is 0 Å². The minimum absolute atomic E-state index is 0.0221. The lowest BCUT2D eigenvalue weighted by Gasteiger charge is -2.20. The van der Waals surface area contributed by atoms with Crippen molar-refractivity contribution in [1.29, 1.82) is 0 Å². The summed E-state index contributed by atoms with van der Waals surface area (Å²) in [7, 11) is 0. The van der Waals surface area contributed by atoms with Gasteiger partial charge in [0.25, 0.3) is 11.6 Å². The molecule has 0 saturated heterocycles. The molecular weight excluding hydrogens is 374 g/mol. The number of hydrogen-bond donors (Lipinski definition) is 2. The van der Waals surface area contributed by atoms with E-state index in [9.17, 15) is 19.7 Å². The van der Waals surface area contributed by atoms with Crippen molar-refractivity contribution in [2.75, 3.05) is 12.3 Å². The minimum Gasteiger partial charge on any atom is -0.452 e. The fourth-order valence-electron chi connectivity index (χ4n) is 3.45. The molecule has 0 fully saturated rings. The summed E-state index contributed by atoms with van der Waals surface area (Å²) < 4.78 is 5.00. The van der Waals surface area contributed by atoms with Gasteiger partial charge in [0.2, 0.25) is 0 Å². The number of nitro benzene ring substituents is 1. The number of aryl methyl sites for hydroxylation is 2. The van der Waals surface area contributed by atoms with Gasteiger partial charge >= 0.3 is 5.97 Å². The van der Waals surface area contributed by atoms with Gasteiger partial charge in [-0.25, -0.2) is 4.79 Å². The Hall–Kier alpha value is -3.42. The maximum atomic E-state index is 12.2. The number of amides is 1. The molecule has 1 aliphatic carbocycles. The van der Waals surface area contributed by atoms with Crippen LogP contribution in [0.1, 0.15) is 52.9 Å². The van der Waals surface area contributed by atoms with Gasteiger partial charge in [-0.2, -0.15) is 0 Å². The molecule has 0 radical (unpaired) electrons. The van der Waals surface area contributed by atoms with Crippen LogP contribution in [0.4, 0.5) is 11.4 Å². The Morgan fingerprint density at radius 1 is 1.17 bits per heavy atom. The van der Waals surface area contributed by atoms with Gasteiger partial charge in [-0.3, -0.25) is 14.9 Å². The number of nitro groups is 1. The van der Waals surface area contributed by atoms with E-state index >= 15 is 0 Å². The molecular formula is C21H23N3O5. The quantitative estimate of drug-likeness (QED) is 0.334. The van der Waals surface area contributed by atoms with Gasteiger partial charge in [0, 0.05) is 12.1 Å². The Labute approximate surface area is 168 Å². The van der Waals surface area contributed by atoms with Gasteiger partial charge in [0.15, 0.2) is 6.61 Å². The lowest BCUT2D eigenvalue weighted by Crippen LogP contribution is -2.31. The van der Waals surface area contributed by atoms with Crippen molar-refractivity contribution in [1.82, 2.24) is 5.32 Å². The van der Waals surface area contributed by atoms with Crippen molar-refractivity contribution < 1.29 is 19.2 Å². The Morgan fingerprint density at radius 3 is 2.59 bits per heavy atom. The molecule has 0 bridgehead atoms. The predicted molar refractivity (Wildman–Crippen MR) is 107 cm³/mol. The number of rotatable bonds is 6. The van der Waals surface area contributed by atoms with Gasteiger partial charge in [-0.05, 0) is 55.4 Å². The molecule has 1 aliphatic rings. The highest BCUT2D eigenvalue weighted by Gasteiger charge is 2.18. The van der Waals surface area contributed by atoms with Crippen molar-refractivity contribution in [2.24, 2.45) is 0 Å². The number of anilines is 1. The highest BCUT2D eigenvalue weighted by molar-refractivity contribution is 5.96. The molecule has 0 aromatic heterocycles. The summed E-state index contributed by atoms with van der Waals surface area (Å²) in [4.78, 5) is 34.4. The fourth-order valence-corrected chi connectivity index (χ4v) is 3.45. The molecule has 0 aliphatic heterocycles. The lowest BCUT2D eigenvalue weighted by molar-refractivity contribution is -0.384. The maximum Gasteiger partial charge on any atom is 0.340 e. The van der Waals surface area contributed by atoms with Crippen LogP contribution in [0.15, 0.2) is 36.4 Å². The average molecular weight is 397 g/mol. The second-order valence-corrected chi connectivity index (χ2v) is 7.13. The molecule has 2 aromatic rings. The predicted octanol–water partition coefficient (Wildman–Crippen LogP) is 3.09. The molecule has 0 saturated carbocycles. The van der Waals surface area contributed by atoms with Gasteiger partial charge in [-0.1, -0.05) is 18.2 Å². The van der Waals surface area contributed by atoms with E-state index in [0.29, 0.717) is 0 Å². The molecule has 1 atom stereocenters. The molecule has 8 heteroatoms. The summed E-state index contributed by atoms with van der Waals surface area (Å²) in [6, 6.07) is 9.48. The first kappa shape index (κ1) is 20.3. The van der Waals surface area contributed by atoms with Crippen LogP contribution in [-0.4, -0.2) is 23.4 Å². The zero-order valence-electron chi connectivity index (χ0n) is 16.1. The van der Waals surface area contributed by atoms with Crippen LogP contribution in [0.2, 0.25) is 0 Å². The molecule has 8 nitrogen and oxygen atoms in total. The summed E-state index contributed by atoms with van der Waals surface area (Å²) in [5.74, 6) is -1.25. The smallest absolute Gasteiger partial charge is 0.340 e. The van der Waals surface area contributed by atoms with E-state index in [1.807, 2.05) is 13.0 Å². The van der Waals surface area contributed by atoms with Crippen molar-refractivity contribution in [3.63, 3.8) is 0 Å². The van der Waals surface area contributed by atoms with Gasteiger partial charge < -0.3 is 15.8 Å². The summed E-state index contributed by atoms with van der Waals surface area (Å²) in [6.45, 7) is 1.41. The average Bonchev–Trinajstić information content (AvgIpc) is 2.71. The topological polar surface area (TPSA) is 125 Å². The van der Waals surface area contributed by atoms with Crippen LogP contribution in [0, 0.1) is 10.1 Å². The summed E-state index contributed by atoms with van der Waals surface area (Å²) in [5.41, 5.74) is 9.05. The molecule has 1 amide bonds. The molecule has 29 heavy (non-hydrogen) atoms. The van der Waals surface area contributed by atoms with Crippen LogP contribution in [0.3, 0.4) is 0 Å². The number of hydrogen-bond acceptors (Lipinski definition) is 6. The number of nitrogens with two attached hydrogens (primary N) is 1. The molecule has 2 aromatic carbocycles. The van der Waals surface area contributed by atoms with E-state index in [-0.39, 0.29) is 23.0 Å². The van der Waals surface area contributed by atoms with Crippen molar-refractivity contribution in [3.8, 4) is 0 Å². The number of benzene rings is 2. The number of nitrogens with zero attached hydrogens (tertiary/aromatic N) is 1. The second-order valence-electron chi connectivity index (χ2n) is 7.13. The van der Waals surface area contributed by atoms with Crippen LogP contribution >= 0.6 is 0 Å². The van der Waals surface area contributed by atoms with Crippen molar-refractivity contribution in [3.05, 3.63) is 68.8 Å². The number of carbonyl (C=O) groups is 2. The Balaban J connectivity index is 1.55. The zero-order chi connectivity index (χ0) is 21.0. The summed E-state index contributed by atoms with van der Waals surface area (Å²) >= 11 is 0. The van der Waals surface area contributed by atoms with E-state index in [1.165, 1.54) is 30.0 Å². The molecule has 0 unspecified atom stereocenters. The first-order valence-electron chi connectivity index (χ1n) is 9.47. The molecule has 152 valence electrons. The van der Waals surface area contributed by atoms with Crippen LogP contribution < -0.4 is 11.1 Å². The van der Waals surface area contributed by atoms with Gasteiger partial charge in [-0.15, -0.1) is 0 Å². The first-order valence-corrected chi connectivity index (χ1v) is 9.47. The van der Waals surface area contributed by atoms with E-state index < -0.39 is 23.4 Å². The fraction of sp³-hybridized carbons (Fsp3) is 0.333. The third-order valence-corrected chi connectivity index (χ3v) is 5.05. The lowest BCUT2D eigenvalue weighted by atomic mass is 9.89. The van der Waals surface area contributed by atoms with Crippen molar-refractivity contribution in [2.45, 2.75) is 38.6 Å². The summed E-state index contributed by atoms with van der Waals surface area (Å²) in [6.07, 6.45) is 4.54. The van der Waals surface area contributed by atoms with Gasteiger partial charge in [0.1, 0.15) is 0 Å². The Kier molecular flexibility index (Phi) is 6.11. The van der Waals surface area contributed by atoms with Crippen LogP contribution in [-0.2, 0) is 22.4 Å². The van der Waals surface area contributed by atoms with E-state index in [2.05, 4.69) is 17.4 Å². The third kappa shape index (κ3) is 4.90. The minimum atomic E-state index is -0.811. The van der Waals surface area contributed by atoms with Gasteiger partial charge in [0.05, 0.1) is 22.2 Å². The number of nitrogen functional groups attached to an aromatic ring is 1. The highest BCUT2D eigenvalue weighted by atomic mass is 16.6.